The fraction of sp³-hybridized carbons (Fsp3) is 0.190. The number of nitrogens with zero attached hydrogens (tertiary/aromatic N) is 3. The third-order valence-corrected chi connectivity index (χ3v) is 4.93. The number of hydrogen-bond acceptors (Lipinski definition) is 3. The van der Waals surface area contributed by atoms with Crippen molar-refractivity contribution in [2.75, 3.05) is 16.8 Å². The van der Waals surface area contributed by atoms with Crippen LogP contribution in [0.1, 0.15) is 18.4 Å². The Labute approximate surface area is 171 Å². The number of fused-ring (bicyclic) bond motifs is 1. The number of anilines is 2. The Hall–Kier alpha value is -3.06. The van der Waals surface area contributed by atoms with Crippen LogP contribution in [0.25, 0.3) is 11.3 Å². The lowest BCUT2D eigenvalue weighted by molar-refractivity contribution is -0.0122. The molecule has 0 saturated carbocycles. The largest absolute Gasteiger partial charge is 0.327 e. The highest BCUT2D eigenvalue weighted by molar-refractivity contribution is 6.30. The van der Waals surface area contributed by atoms with Crippen LogP contribution in [0.5, 0.6) is 0 Å². The van der Waals surface area contributed by atoms with Crippen LogP contribution in [0, 0.1) is 0 Å². The first-order chi connectivity index (χ1) is 13.9. The first kappa shape index (κ1) is 19.3. The molecule has 1 aliphatic rings. The number of carbonyl (C=O) groups excluding carboxylic acids is 1. The minimum Gasteiger partial charge on any atom is -0.307 e. The number of benzene rings is 1. The summed E-state index contributed by atoms with van der Waals surface area (Å²) in [5.41, 5.74) is 1.41. The molecular formula is C21H17ClF2N4O. The summed E-state index contributed by atoms with van der Waals surface area (Å²) in [5.74, 6) is -3.11. The summed E-state index contributed by atoms with van der Waals surface area (Å²) in [7, 11) is 0. The second kappa shape index (κ2) is 7.75. The highest BCUT2D eigenvalue weighted by Gasteiger charge is 2.40. The van der Waals surface area contributed by atoms with Gasteiger partial charge in [0.15, 0.2) is 0 Å². The van der Waals surface area contributed by atoms with E-state index in [1.54, 1.807) is 36.4 Å². The minimum absolute atomic E-state index is 0.0449. The van der Waals surface area contributed by atoms with Crippen LogP contribution in [0.15, 0.2) is 60.9 Å². The zero-order valence-corrected chi connectivity index (χ0v) is 16.0. The van der Waals surface area contributed by atoms with Crippen molar-refractivity contribution in [2.45, 2.75) is 18.8 Å². The van der Waals surface area contributed by atoms with Crippen LogP contribution in [-0.4, -0.2) is 22.5 Å². The second-order valence-corrected chi connectivity index (χ2v) is 7.14. The number of pyridine rings is 2. The van der Waals surface area contributed by atoms with E-state index in [2.05, 4.69) is 15.3 Å². The highest BCUT2D eigenvalue weighted by Crippen LogP contribution is 2.42. The first-order valence-electron chi connectivity index (χ1n) is 9.08. The molecule has 0 aliphatic carbocycles. The topological polar surface area (TPSA) is 58.1 Å². The molecule has 4 rings (SSSR count). The molecule has 1 aromatic carbocycles. The van der Waals surface area contributed by atoms with Gasteiger partial charge in [-0.3, -0.25) is 9.88 Å². The molecule has 3 heterocycles. The van der Waals surface area contributed by atoms with Crippen molar-refractivity contribution in [3.63, 3.8) is 0 Å². The summed E-state index contributed by atoms with van der Waals surface area (Å²) in [5, 5.41) is 3.23. The van der Waals surface area contributed by atoms with Crippen molar-refractivity contribution in [2.24, 2.45) is 0 Å². The van der Waals surface area contributed by atoms with E-state index in [0.717, 1.165) is 0 Å². The van der Waals surface area contributed by atoms with Gasteiger partial charge >= 0.3 is 6.03 Å². The fourth-order valence-electron chi connectivity index (χ4n) is 3.27. The molecule has 2 aromatic heterocycles. The van der Waals surface area contributed by atoms with Gasteiger partial charge in [-0.15, -0.1) is 0 Å². The van der Waals surface area contributed by atoms with Crippen LogP contribution in [0.3, 0.4) is 0 Å². The van der Waals surface area contributed by atoms with E-state index in [4.69, 9.17) is 11.6 Å². The van der Waals surface area contributed by atoms with Gasteiger partial charge in [-0.25, -0.2) is 18.6 Å². The molecule has 0 fully saturated rings. The van der Waals surface area contributed by atoms with Crippen LogP contribution in [0.2, 0.25) is 5.02 Å². The Balaban J connectivity index is 1.76. The minimum atomic E-state index is -3.07. The molecule has 0 unspecified atom stereocenters. The van der Waals surface area contributed by atoms with Crippen LogP contribution in [-0.2, 0) is 5.92 Å². The van der Waals surface area contributed by atoms with Crippen molar-refractivity contribution in [1.82, 2.24) is 9.97 Å². The van der Waals surface area contributed by atoms with Gasteiger partial charge < -0.3 is 5.32 Å². The van der Waals surface area contributed by atoms with E-state index in [9.17, 15) is 13.6 Å². The van der Waals surface area contributed by atoms with Gasteiger partial charge in [0.05, 0.1) is 11.3 Å². The van der Waals surface area contributed by atoms with Gasteiger partial charge in [0.1, 0.15) is 5.82 Å². The Morgan fingerprint density at radius 2 is 1.93 bits per heavy atom. The molecule has 3 aromatic rings. The summed E-state index contributed by atoms with van der Waals surface area (Å²) in [6.07, 6.45) is 2.88. The van der Waals surface area contributed by atoms with Crippen LogP contribution in [0.4, 0.5) is 25.1 Å². The number of aromatic nitrogens is 2. The van der Waals surface area contributed by atoms with Crippen LogP contribution < -0.4 is 10.2 Å². The van der Waals surface area contributed by atoms with E-state index in [-0.39, 0.29) is 30.8 Å². The predicted molar refractivity (Wildman–Crippen MR) is 108 cm³/mol. The fourth-order valence-corrected chi connectivity index (χ4v) is 3.46. The average molecular weight is 415 g/mol. The van der Waals surface area contributed by atoms with Gasteiger partial charge in [0.2, 0.25) is 0 Å². The quantitative estimate of drug-likeness (QED) is 0.583. The zero-order valence-electron chi connectivity index (χ0n) is 15.3. The molecule has 0 saturated heterocycles. The van der Waals surface area contributed by atoms with Crippen molar-refractivity contribution >= 4 is 29.1 Å². The Morgan fingerprint density at radius 1 is 1.14 bits per heavy atom. The number of alkyl halides is 2. The molecule has 0 bridgehead atoms. The lowest BCUT2D eigenvalue weighted by Gasteiger charge is -2.23. The summed E-state index contributed by atoms with van der Waals surface area (Å²) in [6, 6.07) is 12.6. The molecular weight excluding hydrogens is 398 g/mol. The third kappa shape index (κ3) is 4.05. The Bertz CT molecular complexity index is 1050. The molecule has 5 nitrogen and oxygen atoms in total. The SMILES string of the molecule is O=C(Nc1ccncc1)N1CCCC(F)(F)c2ccc(-c3cccc(Cl)c3)nc21. The standard InChI is InChI=1S/C21H17ClF2N4O/c22-15-4-1-3-14(13-15)18-6-5-17-19(27-18)28(12-2-9-21(17,23)24)20(29)26-16-7-10-25-11-8-16/h1,3-8,10-11,13H,2,9,12H2,(H,25,26,29). The number of rotatable bonds is 2. The molecule has 0 spiro atoms. The van der Waals surface area contributed by atoms with Crippen molar-refractivity contribution in [3.05, 3.63) is 71.5 Å². The first-order valence-corrected chi connectivity index (χ1v) is 9.46. The summed E-state index contributed by atoms with van der Waals surface area (Å²) >= 11 is 6.05. The molecule has 1 N–H and O–H groups in total. The number of amides is 2. The van der Waals surface area contributed by atoms with E-state index >= 15 is 0 Å². The van der Waals surface area contributed by atoms with E-state index < -0.39 is 12.0 Å². The maximum atomic E-state index is 14.7. The molecule has 0 atom stereocenters. The van der Waals surface area contributed by atoms with E-state index in [0.29, 0.717) is 22.0 Å². The molecule has 8 heteroatoms. The highest BCUT2D eigenvalue weighted by atomic mass is 35.5. The number of hydrogen-bond donors (Lipinski definition) is 1. The molecule has 148 valence electrons. The van der Waals surface area contributed by atoms with E-state index in [1.165, 1.54) is 29.4 Å². The summed E-state index contributed by atoms with van der Waals surface area (Å²) < 4.78 is 29.4. The zero-order chi connectivity index (χ0) is 20.4. The smallest absolute Gasteiger partial charge is 0.307 e. The van der Waals surface area contributed by atoms with Gasteiger partial charge in [-0.05, 0) is 42.8 Å². The second-order valence-electron chi connectivity index (χ2n) is 6.70. The lowest BCUT2D eigenvalue weighted by Crippen LogP contribution is -2.36. The van der Waals surface area contributed by atoms with Gasteiger partial charge in [0, 0.05) is 41.6 Å². The van der Waals surface area contributed by atoms with Crippen molar-refractivity contribution in [3.8, 4) is 11.3 Å². The monoisotopic (exact) mass is 414 g/mol. The number of nitrogens with one attached hydrogen (secondary N) is 1. The van der Waals surface area contributed by atoms with Crippen molar-refractivity contribution < 1.29 is 13.6 Å². The number of carbonyl (C=O) groups is 1. The lowest BCUT2D eigenvalue weighted by atomic mass is 10.0. The van der Waals surface area contributed by atoms with Gasteiger partial charge in [-0.1, -0.05) is 23.7 Å². The normalized spacial score (nSPS) is 15.3. The maximum absolute atomic E-state index is 14.7. The van der Waals surface area contributed by atoms with Crippen molar-refractivity contribution in [1.29, 1.82) is 0 Å². The third-order valence-electron chi connectivity index (χ3n) is 4.69. The molecule has 2 amide bonds. The summed E-state index contributed by atoms with van der Waals surface area (Å²) in [4.78, 5) is 22.5. The van der Waals surface area contributed by atoms with Gasteiger partial charge in [-0.2, -0.15) is 0 Å². The maximum Gasteiger partial charge on any atom is 0.327 e. The number of urea groups is 1. The van der Waals surface area contributed by atoms with Gasteiger partial charge in [0.25, 0.3) is 5.92 Å². The molecule has 0 radical (unpaired) electrons. The summed E-state index contributed by atoms with van der Waals surface area (Å²) in [6.45, 7) is 0.130. The number of halogens is 3. The van der Waals surface area contributed by atoms with Crippen LogP contribution >= 0.6 is 11.6 Å². The molecule has 1 aliphatic heterocycles. The Kier molecular flexibility index (Phi) is 5.15. The average Bonchev–Trinajstić information content (AvgIpc) is 2.84. The van der Waals surface area contributed by atoms with E-state index in [1.807, 2.05) is 0 Å². The molecule has 29 heavy (non-hydrogen) atoms. The Morgan fingerprint density at radius 3 is 2.69 bits per heavy atom. The predicted octanol–water partition coefficient (Wildman–Crippen LogP) is 5.72.